The Kier molecular flexibility index (Phi) is 3.90. The lowest BCUT2D eigenvalue weighted by molar-refractivity contribution is 0.0965. The van der Waals surface area contributed by atoms with Gasteiger partial charge >= 0.3 is 0 Å². The molecule has 19 heavy (non-hydrogen) atoms. The topological polar surface area (TPSA) is 39.2 Å². The van der Waals surface area contributed by atoms with Crippen molar-refractivity contribution in [2.45, 2.75) is 12.8 Å². The molecule has 0 saturated carbocycles. The van der Waals surface area contributed by atoms with Crippen molar-refractivity contribution in [2.24, 2.45) is 0 Å². The fraction of sp³-hybridized carbons (Fsp3) is 0.200. The number of carbonyl (C=O) groups excluding carboxylic acids is 1. The van der Waals surface area contributed by atoms with E-state index in [1.165, 1.54) is 19.2 Å². The number of halogens is 1. The van der Waals surface area contributed by atoms with Gasteiger partial charge in [-0.15, -0.1) is 0 Å². The number of rotatable bonds is 4. The van der Waals surface area contributed by atoms with Crippen LogP contribution >= 0.6 is 0 Å². The summed E-state index contributed by atoms with van der Waals surface area (Å²) in [5, 5.41) is 0. The van der Waals surface area contributed by atoms with Crippen molar-refractivity contribution in [3.8, 4) is 5.75 Å². The lowest BCUT2D eigenvalue weighted by Gasteiger charge is -2.11. The summed E-state index contributed by atoms with van der Waals surface area (Å²) in [7, 11) is 1.39. The second kappa shape index (κ2) is 5.61. The summed E-state index contributed by atoms with van der Waals surface area (Å²) in [5.41, 5.74) is 1.19. The Hall–Kier alpha value is -2.23. The first-order valence-electron chi connectivity index (χ1n) is 5.91. The number of hydrogen-bond donors (Lipinski definition) is 0. The van der Waals surface area contributed by atoms with Gasteiger partial charge in [0.1, 0.15) is 0 Å². The van der Waals surface area contributed by atoms with Crippen LogP contribution in [0.4, 0.5) is 4.39 Å². The van der Waals surface area contributed by atoms with Crippen molar-refractivity contribution in [1.29, 1.82) is 0 Å². The Balaban J connectivity index is 2.27. The number of hydrogen-bond acceptors (Lipinski definition) is 3. The van der Waals surface area contributed by atoms with E-state index in [1.54, 1.807) is 37.5 Å². The van der Waals surface area contributed by atoms with Crippen LogP contribution in [-0.2, 0) is 0 Å². The minimum atomic E-state index is -0.532. The van der Waals surface area contributed by atoms with Crippen LogP contribution in [-0.4, -0.2) is 17.9 Å². The largest absolute Gasteiger partial charge is 0.494 e. The molecular weight excluding hydrogens is 245 g/mol. The van der Waals surface area contributed by atoms with Crippen LogP contribution in [0.15, 0.2) is 42.7 Å². The predicted molar refractivity (Wildman–Crippen MR) is 69.9 cm³/mol. The minimum absolute atomic E-state index is 0.132. The molecule has 1 unspecified atom stereocenters. The van der Waals surface area contributed by atoms with Gasteiger partial charge in [-0.2, -0.15) is 0 Å². The van der Waals surface area contributed by atoms with Gasteiger partial charge in [0.15, 0.2) is 17.3 Å². The number of ether oxygens (including phenoxy) is 1. The molecule has 0 aliphatic carbocycles. The van der Waals surface area contributed by atoms with Crippen LogP contribution < -0.4 is 4.74 Å². The Bertz CT molecular complexity index is 584. The Morgan fingerprint density at radius 1 is 1.26 bits per heavy atom. The van der Waals surface area contributed by atoms with Crippen LogP contribution in [0.3, 0.4) is 0 Å². The molecule has 1 atom stereocenters. The third-order valence-electron chi connectivity index (χ3n) is 3.04. The van der Waals surface area contributed by atoms with Crippen molar-refractivity contribution in [3.05, 3.63) is 59.7 Å². The van der Waals surface area contributed by atoms with E-state index in [4.69, 9.17) is 4.74 Å². The molecule has 0 fully saturated rings. The summed E-state index contributed by atoms with van der Waals surface area (Å²) in [6.07, 6.45) is 3.27. The van der Waals surface area contributed by atoms with Gasteiger partial charge in [0.25, 0.3) is 0 Å². The van der Waals surface area contributed by atoms with Crippen molar-refractivity contribution in [3.63, 3.8) is 0 Å². The molecule has 0 aliphatic rings. The maximum atomic E-state index is 13.6. The molecule has 0 N–H and O–H groups in total. The monoisotopic (exact) mass is 259 g/mol. The molecule has 0 aliphatic heterocycles. The fourth-order valence-corrected chi connectivity index (χ4v) is 1.87. The summed E-state index contributed by atoms with van der Waals surface area (Å²) in [6.45, 7) is 1.79. The number of Topliss-reactive ketones (excluding diaryl/α,β-unsaturated/α-hetero) is 1. The quantitative estimate of drug-likeness (QED) is 0.791. The summed E-state index contributed by atoms with van der Waals surface area (Å²) in [6, 6.07) is 7.80. The van der Waals surface area contributed by atoms with E-state index in [1.807, 2.05) is 0 Å². The number of carbonyl (C=O) groups is 1. The fourth-order valence-electron chi connectivity index (χ4n) is 1.87. The van der Waals surface area contributed by atoms with E-state index in [0.717, 1.165) is 5.56 Å². The predicted octanol–water partition coefficient (Wildman–Crippen LogP) is 3.22. The SMILES string of the molecule is COc1ccc(C(=O)C(C)c2ccncc2)cc1F. The summed E-state index contributed by atoms with van der Waals surface area (Å²) in [5.74, 6) is -0.869. The lowest BCUT2D eigenvalue weighted by atomic mass is 9.93. The minimum Gasteiger partial charge on any atom is -0.494 e. The van der Waals surface area contributed by atoms with Crippen LogP contribution in [0.25, 0.3) is 0 Å². The van der Waals surface area contributed by atoms with Gasteiger partial charge in [0, 0.05) is 23.9 Å². The van der Waals surface area contributed by atoms with Gasteiger partial charge in [-0.25, -0.2) is 4.39 Å². The van der Waals surface area contributed by atoms with Gasteiger partial charge < -0.3 is 4.74 Å². The molecule has 3 nitrogen and oxygen atoms in total. The highest BCUT2D eigenvalue weighted by Gasteiger charge is 2.18. The molecule has 0 radical (unpaired) electrons. The molecule has 0 bridgehead atoms. The van der Waals surface area contributed by atoms with Gasteiger partial charge in [-0.3, -0.25) is 9.78 Å². The molecule has 0 amide bonds. The van der Waals surface area contributed by atoms with Crippen molar-refractivity contribution in [2.75, 3.05) is 7.11 Å². The maximum Gasteiger partial charge on any atom is 0.170 e. The zero-order chi connectivity index (χ0) is 13.8. The molecule has 0 spiro atoms. The van der Waals surface area contributed by atoms with Crippen molar-refractivity contribution >= 4 is 5.78 Å². The van der Waals surface area contributed by atoms with E-state index in [2.05, 4.69) is 4.98 Å². The average molecular weight is 259 g/mol. The second-order valence-electron chi connectivity index (χ2n) is 4.22. The van der Waals surface area contributed by atoms with Crippen LogP contribution in [0.2, 0.25) is 0 Å². The summed E-state index contributed by atoms with van der Waals surface area (Å²) >= 11 is 0. The van der Waals surface area contributed by atoms with Crippen LogP contribution in [0.5, 0.6) is 5.75 Å². The van der Waals surface area contributed by atoms with Gasteiger partial charge in [-0.05, 0) is 35.9 Å². The van der Waals surface area contributed by atoms with Crippen LogP contribution in [0.1, 0.15) is 28.8 Å². The first-order valence-corrected chi connectivity index (χ1v) is 5.91. The lowest BCUT2D eigenvalue weighted by Crippen LogP contribution is -2.10. The van der Waals surface area contributed by atoms with E-state index < -0.39 is 5.82 Å². The molecule has 2 aromatic rings. The Morgan fingerprint density at radius 3 is 2.53 bits per heavy atom. The van der Waals surface area contributed by atoms with Crippen molar-refractivity contribution < 1.29 is 13.9 Å². The number of ketones is 1. The summed E-state index contributed by atoms with van der Waals surface area (Å²) in [4.78, 5) is 16.2. The second-order valence-corrected chi connectivity index (χ2v) is 4.22. The van der Waals surface area contributed by atoms with Gasteiger partial charge in [-0.1, -0.05) is 6.92 Å². The third-order valence-corrected chi connectivity index (χ3v) is 3.04. The average Bonchev–Trinajstić information content (AvgIpc) is 2.46. The molecular formula is C15H14FNO2. The highest BCUT2D eigenvalue weighted by molar-refractivity contribution is 6.00. The van der Waals surface area contributed by atoms with E-state index in [9.17, 15) is 9.18 Å². The van der Waals surface area contributed by atoms with E-state index >= 15 is 0 Å². The standard InChI is InChI=1S/C15H14FNO2/c1-10(11-5-7-17-8-6-11)15(18)12-3-4-14(19-2)13(16)9-12/h3-10H,1-2H3. The Labute approximate surface area is 111 Å². The number of benzene rings is 1. The first-order chi connectivity index (χ1) is 9.13. The zero-order valence-electron chi connectivity index (χ0n) is 10.8. The molecule has 98 valence electrons. The molecule has 1 heterocycles. The van der Waals surface area contributed by atoms with Gasteiger partial charge in [0.05, 0.1) is 7.11 Å². The highest BCUT2D eigenvalue weighted by atomic mass is 19.1. The summed E-state index contributed by atoms with van der Waals surface area (Å²) < 4.78 is 18.4. The zero-order valence-corrected chi connectivity index (χ0v) is 10.8. The normalized spacial score (nSPS) is 11.9. The number of nitrogens with zero attached hydrogens (tertiary/aromatic N) is 1. The number of aromatic nitrogens is 1. The third kappa shape index (κ3) is 2.78. The van der Waals surface area contributed by atoms with E-state index in [0.29, 0.717) is 5.56 Å². The van der Waals surface area contributed by atoms with Gasteiger partial charge in [0.2, 0.25) is 0 Å². The molecule has 1 aromatic carbocycles. The molecule has 0 saturated heterocycles. The maximum absolute atomic E-state index is 13.6. The number of methoxy groups -OCH3 is 1. The smallest absolute Gasteiger partial charge is 0.170 e. The first kappa shape index (κ1) is 13.2. The van der Waals surface area contributed by atoms with E-state index in [-0.39, 0.29) is 17.5 Å². The molecule has 4 heteroatoms. The van der Waals surface area contributed by atoms with Crippen molar-refractivity contribution in [1.82, 2.24) is 4.98 Å². The molecule has 2 rings (SSSR count). The highest BCUT2D eigenvalue weighted by Crippen LogP contribution is 2.23. The number of pyridine rings is 1. The Morgan fingerprint density at radius 2 is 1.95 bits per heavy atom. The molecule has 1 aromatic heterocycles. The van der Waals surface area contributed by atoms with Crippen LogP contribution in [0, 0.1) is 5.82 Å².